The number of hydrogen-bond acceptors (Lipinski definition) is 2. The van der Waals surface area contributed by atoms with E-state index in [1.165, 1.54) is 12.8 Å². The maximum atomic E-state index is 12.5. The Morgan fingerprint density at radius 2 is 2.05 bits per heavy atom. The average Bonchev–Trinajstić information content (AvgIpc) is 2.35. The van der Waals surface area contributed by atoms with Crippen molar-refractivity contribution in [1.29, 1.82) is 0 Å². The highest BCUT2D eigenvalue weighted by Crippen LogP contribution is 2.23. The quantitative estimate of drug-likeness (QED) is 0.770. The van der Waals surface area contributed by atoms with Gasteiger partial charge < -0.3 is 5.32 Å². The number of piperidine rings is 1. The smallest absolute Gasteiger partial charge is 0.316 e. The molecule has 0 aliphatic carbocycles. The standard InChI is InChI=1S/C14H27F3N2/c1-3-8-19(11-14(15,16)17)9-6-12(2)13-5-4-7-18-10-13/h12-13,18H,3-11H2,1-2H3. The van der Waals surface area contributed by atoms with Crippen LogP contribution < -0.4 is 5.32 Å². The van der Waals surface area contributed by atoms with Crippen molar-refractivity contribution >= 4 is 0 Å². The van der Waals surface area contributed by atoms with Crippen LogP contribution in [0.15, 0.2) is 0 Å². The highest BCUT2D eigenvalue weighted by Gasteiger charge is 2.30. The van der Waals surface area contributed by atoms with Crippen LogP contribution in [0.25, 0.3) is 0 Å². The number of halogens is 3. The maximum Gasteiger partial charge on any atom is 0.401 e. The van der Waals surface area contributed by atoms with E-state index in [4.69, 9.17) is 0 Å². The fourth-order valence-electron chi connectivity index (χ4n) is 2.83. The topological polar surface area (TPSA) is 15.3 Å². The molecule has 0 spiro atoms. The van der Waals surface area contributed by atoms with Crippen molar-refractivity contribution in [1.82, 2.24) is 10.2 Å². The molecule has 2 nitrogen and oxygen atoms in total. The monoisotopic (exact) mass is 280 g/mol. The Morgan fingerprint density at radius 1 is 1.32 bits per heavy atom. The van der Waals surface area contributed by atoms with Crippen molar-refractivity contribution in [2.75, 3.05) is 32.7 Å². The van der Waals surface area contributed by atoms with E-state index in [1.807, 2.05) is 6.92 Å². The molecule has 2 unspecified atom stereocenters. The Labute approximate surface area is 114 Å². The molecule has 1 rings (SSSR count). The summed E-state index contributed by atoms with van der Waals surface area (Å²) in [5.41, 5.74) is 0. The molecule has 5 heteroatoms. The lowest BCUT2D eigenvalue weighted by molar-refractivity contribution is -0.146. The number of alkyl halides is 3. The molecule has 114 valence electrons. The summed E-state index contributed by atoms with van der Waals surface area (Å²) in [7, 11) is 0. The van der Waals surface area contributed by atoms with Crippen LogP contribution in [0.2, 0.25) is 0 Å². The van der Waals surface area contributed by atoms with E-state index in [1.54, 1.807) is 4.90 Å². The van der Waals surface area contributed by atoms with Crippen LogP contribution in [0.4, 0.5) is 13.2 Å². The SMILES string of the molecule is CCCN(CCC(C)C1CCCNC1)CC(F)(F)F. The predicted molar refractivity (Wildman–Crippen MR) is 72.2 cm³/mol. The molecule has 0 aromatic carbocycles. The van der Waals surface area contributed by atoms with Gasteiger partial charge >= 0.3 is 6.18 Å². The first kappa shape index (κ1) is 16.8. The van der Waals surface area contributed by atoms with Crippen molar-refractivity contribution < 1.29 is 13.2 Å². The largest absolute Gasteiger partial charge is 0.401 e. The number of nitrogens with one attached hydrogen (secondary N) is 1. The summed E-state index contributed by atoms with van der Waals surface area (Å²) in [6.07, 6.45) is -0.0415. The highest BCUT2D eigenvalue weighted by molar-refractivity contribution is 4.75. The number of hydrogen-bond donors (Lipinski definition) is 1. The second kappa shape index (κ2) is 8.10. The summed E-state index contributed by atoms with van der Waals surface area (Å²) in [5, 5.41) is 3.37. The van der Waals surface area contributed by atoms with Gasteiger partial charge in [0.1, 0.15) is 0 Å². The van der Waals surface area contributed by atoms with Crippen LogP contribution >= 0.6 is 0 Å². The Kier molecular flexibility index (Phi) is 7.15. The van der Waals surface area contributed by atoms with Crippen LogP contribution in [0.1, 0.15) is 39.5 Å². The third-order valence-electron chi connectivity index (χ3n) is 3.98. The van der Waals surface area contributed by atoms with Gasteiger partial charge in [-0.1, -0.05) is 13.8 Å². The van der Waals surface area contributed by atoms with E-state index in [-0.39, 0.29) is 0 Å². The van der Waals surface area contributed by atoms with E-state index in [0.29, 0.717) is 24.9 Å². The van der Waals surface area contributed by atoms with Gasteiger partial charge in [-0.05, 0) is 63.7 Å². The Morgan fingerprint density at radius 3 is 2.58 bits per heavy atom. The molecule has 0 aromatic rings. The molecule has 0 radical (unpaired) electrons. The molecule has 0 saturated carbocycles. The summed E-state index contributed by atoms with van der Waals surface area (Å²) in [5.74, 6) is 1.13. The lowest BCUT2D eigenvalue weighted by atomic mass is 9.85. The van der Waals surface area contributed by atoms with Gasteiger partial charge in [0.15, 0.2) is 0 Å². The Balaban J connectivity index is 2.33. The van der Waals surface area contributed by atoms with Gasteiger partial charge in [-0.3, -0.25) is 4.90 Å². The van der Waals surface area contributed by atoms with Crippen molar-refractivity contribution in [3.63, 3.8) is 0 Å². The third kappa shape index (κ3) is 7.16. The molecular weight excluding hydrogens is 253 g/mol. The minimum Gasteiger partial charge on any atom is -0.316 e. The average molecular weight is 280 g/mol. The maximum absolute atomic E-state index is 12.5. The van der Waals surface area contributed by atoms with Crippen LogP contribution in [-0.4, -0.2) is 43.8 Å². The summed E-state index contributed by atoms with van der Waals surface area (Å²) in [6.45, 7) is 6.54. The van der Waals surface area contributed by atoms with Crippen LogP contribution in [-0.2, 0) is 0 Å². The van der Waals surface area contributed by atoms with E-state index in [2.05, 4.69) is 12.2 Å². The molecule has 0 aromatic heterocycles. The van der Waals surface area contributed by atoms with Crippen LogP contribution in [0.3, 0.4) is 0 Å². The fourth-order valence-corrected chi connectivity index (χ4v) is 2.83. The molecule has 2 atom stereocenters. The first-order valence-electron chi connectivity index (χ1n) is 7.42. The molecule has 1 heterocycles. The first-order valence-corrected chi connectivity index (χ1v) is 7.42. The molecule has 1 aliphatic heterocycles. The second-order valence-electron chi connectivity index (χ2n) is 5.76. The summed E-state index contributed by atoms with van der Waals surface area (Å²) in [4.78, 5) is 1.55. The molecule has 1 N–H and O–H groups in total. The van der Waals surface area contributed by atoms with Gasteiger partial charge in [-0.15, -0.1) is 0 Å². The minimum atomic E-state index is -4.08. The van der Waals surface area contributed by atoms with Crippen LogP contribution in [0.5, 0.6) is 0 Å². The molecule has 19 heavy (non-hydrogen) atoms. The molecule has 1 aliphatic rings. The summed E-state index contributed by atoms with van der Waals surface area (Å²) in [6, 6.07) is 0. The van der Waals surface area contributed by atoms with E-state index < -0.39 is 12.7 Å². The normalized spacial score (nSPS) is 22.7. The molecule has 0 bridgehead atoms. The van der Waals surface area contributed by atoms with Gasteiger partial charge in [0.25, 0.3) is 0 Å². The zero-order valence-electron chi connectivity index (χ0n) is 12.1. The molecule has 1 fully saturated rings. The zero-order chi connectivity index (χ0) is 14.3. The van der Waals surface area contributed by atoms with Crippen molar-refractivity contribution in [2.24, 2.45) is 11.8 Å². The number of nitrogens with zero attached hydrogens (tertiary/aromatic N) is 1. The third-order valence-corrected chi connectivity index (χ3v) is 3.98. The Bertz CT molecular complexity index is 237. The summed E-state index contributed by atoms with van der Waals surface area (Å²) >= 11 is 0. The summed E-state index contributed by atoms with van der Waals surface area (Å²) < 4.78 is 37.4. The number of rotatable bonds is 7. The second-order valence-corrected chi connectivity index (χ2v) is 5.76. The van der Waals surface area contributed by atoms with Gasteiger partial charge in [-0.2, -0.15) is 13.2 Å². The lowest BCUT2D eigenvalue weighted by Crippen LogP contribution is -2.38. The zero-order valence-corrected chi connectivity index (χ0v) is 12.1. The van der Waals surface area contributed by atoms with Gasteiger partial charge in [0.2, 0.25) is 0 Å². The molecule has 0 amide bonds. The van der Waals surface area contributed by atoms with Gasteiger partial charge in [0, 0.05) is 0 Å². The van der Waals surface area contributed by atoms with Gasteiger partial charge in [-0.25, -0.2) is 0 Å². The van der Waals surface area contributed by atoms with Crippen molar-refractivity contribution in [3.05, 3.63) is 0 Å². The predicted octanol–water partition coefficient (Wildman–Crippen LogP) is 3.29. The first-order chi connectivity index (χ1) is 8.92. The van der Waals surface area contributed by atoms with E-state index in [0.717, 1.165) is 25.9 Å². The fraction of sp³-hybridized carbons (Fsp3) is 1.00. The van der Waals surface area contributed by atoms with Crippen molar-refractivity contribution in [3.8, 4) is 0 Å². The molecular formula is C14H27F3N2. The Hall–Kier alpha value is -0.290. The van der Waals surface area contributed by atoms with Gasteiger partial charge in [0.05, 0.1) is 6.54 Å². The van der Waals surface area contributed by atoms with Crippen LogP contribution in [0, 0.1) is 11.8 Å². The van der Waals surface area contributed by atoms with E-state index >= 15 is 0 Å². The van der Waals surface area contributed by atoms with Crippen molar-refractivity contribution in [2.45, 2.75) is 45.7 Å². The highest BCUT2D eigenvalue weighted by atomic mass is 19.4. The lowest BCUT2D eigenvalue weighted by Gasteiger charge is -2.30. The van der Waals surface area contributed by atoms with E-state index in [9.17, 15) is 13.2 Å². The minimum absolute atomic E-state index is 0.500. The molecule has 1 saturated heterocycles.